The monoisotopic (exact) mass is 670 g/mol. The van der Waals surface area contributed by atoms with Gasteiger partial charge in [0, 0.05) is 12.8 Å². The second kappa shape index (κ2) is 31.6. The van der Waals surface area contributed by atoms with E-state index >= 15 is 0 Å². The molecule has 10 heteroatoms. The largest absolute Gasteiger partial charge is 0.469 e. The first-order chi connectivity index (χ1) is 22.2. The molecule has 0 aliphatic carbocycles. The fraction of sp³-hybridized carbons (Fsp3) is 0.722. The van der Waals surface area contributed by atoms with E-state index in [0.717, 1.165) is 51.4 Å². The molecule has 0 heterocycles. The third-order valence-corrected chi connectivity index (χ3v) is 7.64. The molecule has 0 aliphatic heterocycles. The van der Waals surface area contributed by atoms with Crippen LogP contribution in [0.2, 0.25) is 0 Å². The summed E-state index contributed by atoms with van der Waals surface area (Å²) >= 11 is 0. The molecule has 0 amide bonds. The maximum Gasteiger partial charge on any atom is 0.469 e. The Balaban J connectivity index is 4.12. The Morgan fingerprint density at radius 2 is 1.17 bits per heavy atom. The predicted molar refractivity (Wildman–Crippen MR) is 185 cm³/mol. The zero-order chi connectivity index (χ0) is 34.1. The van der Waals surface area contributed by atoms with Crippen molar-refractivity contribution in [3.05, 3.63) is 48.6 Å². The maximum absolute atomic E-state index is 12.3. The van der Waals surface area contributed by atoms with Crippen molar-refractivity contribution in [2.75, 3.05) is 13.2 Å². The van der Waals surface area contributed by atoms with Crippen LogP contribution in [0.4, 0.5) is 0 Å². The second-order valence-electron chi connectivity index (χ2n) is 11.7. The van der Waals surface area contributed by atoms with Crippen molar-refractivity contribution < 1.29 is 43.0 Å². The first-order valence-corrected chi connectivity index (χ1v) is 19.0. The zero-order valence-electron chi connectivity index (χ0n) is 28.6. The number of carbonyl (C=O) groups is 2. The first kappa shape index (κ1) is 44.0. The summed E-state index contributed by atoms with van der Waals surface area (Å²) in [6, 6.07) is 0. The summed E-state index contributed by atoms with van der Waals surface area (Å²) in [7, 11) is -4.76. The van der Waals surface area contributed by atoms with Gasteiger partial charge in [0.1, 0.15) is 6.61 Å². The van der Waals surface area contributed by atoms with Crippen LogP contribution in [0, 0.1) is 0 Å². The minimum absolute atomic E-state index is 0.176. The average Bonchev–Trinajstić information content (AvgIpc) is 3.01. The highest BCUT2D eigenvalue weighted by Crippen LogP contribution is 2.35. The number of carbonyl (C=O) groups excluding carboxylic acids is 2. The van der Waals surface area contributed by atoms with Crippen molar-refractivity contribution >= 4 is 19.8 Å². The molecule has 0 aromatic carbocycles. The Kier molecular flexibility index (Phi) is 30.2. The number of hydrogen-bond acceptors (Lipinski definition) is 7. The average molecular weight is 671 g/mol. The first-order valence-electron chi connectivity index (χ1n) is 17.5. The van der Waals surface area contributed by atoms with Gasteiger partial charge in [-0.25, -0.2) is 4.57 Å². The highest BCUT2D eigenvalue weighted by Gasteiger charge is 2.22. The predicted octanol–water partition coefficient (Wildman–Crippen LogP) is 8.98. The number of allylic oxidation sites excluding steroid dienone is 7. The number of aliphatic hydroxyl groups is 1. The quantitative estimate of drug-likeness (QED) is 0.0285. The summed E-state index contributed by atoms with van der Waals surface area (Å²) in [5.74, 6) is -0.976. The van der Waals surface area contributed by atoms with E-state index < -0.39 is 32.5 Å². The Hall–Kier alpha value is -2.03. The third-order valence-electron chi connectivity index (χ3n) is 7.16. The molecule has 0 saturated carbocycles. The Bertz CT molecular complexity index is 907. The van der Waals surface area contributed by atoms with E-state index in [9.17, 15) is 19.3 Å². The Labute approximate surface area is 278 Å². The maximum atomic E-state index is 12.3. The summed E-state index contributed by atoms with van der Waals surface area (Å²) in [4.78, 5) is 42.5. The summed E-state index contributed by atoms with van der Waals surface area (Å²) in [5, 5.41) is 9.68. The number of rotatable bonds is 31. The van der Waals surface area contributed by atoms with Gasteiger partial charge in [-0.2, -0.15) is 0 Å². The minimum atomic E-state index is -4.76. The van der Waals surface area contributed by atoms with Gasteiger partial charge in [-0.1, -0.05) is 127 Å². The van der Waals surface area contributed by atoms with Crippen LogP contribution in [0.25, 0.3) is 0 Å². The van der Waals surface area contributed by atoms with Crippen LogP contribution < -0.4 is 0 Å². The highest BCUT2D eigenvalue weighted by molar-refractivity contribution is 7.46. The second-order valence-corrected chi connectivity index (χ2v) is 12.9. The van der Waals surface area contributed by atoms with Crippen LogP contribution in [-0.4, -0.2) is 52.3 Å². The molecule has 0 radical (unpaired) electrons. The summed E-state index contributed by atoms with van der Waals surface area (Å²) in [5.41, 5.74) is 0. The lowest BCUT2D eigenvalue weighted by molar-refractivity contribution is -0.161. The van der Waals surface area contributed by atoms with Crippen molar-refractivity contribution in [3.8, 4) is 0 Å². The van der Waals surface area contributed by atoms with Crippen molar-refractivity contribution in [1.29, 1.82) is 0 Å². The number of hydrogen-bond donors (Lipinski definition) is 3. The summed E-state index contributed by atoms with van der Waals surface area (Å²) < 4.78 is 26.1. The molecule has 1 unspecified atom stereocenters. The Morgan fingerprint density at radius 1 is 0.652 bits per heavy atom. The summed E-state index contributed by atoms with van der Waals surface area (Å²) in [6.07, 6.45) is 33.4. The van der Waals surface area contributed by atoms with Gasteiger partial charge in [-0.15, -0.1) is 0 Å². The van der Waals surface area contributed by atoms with Gasteiger partial charge in [0.05, 0.1) is 12.7 Å². The number of unbranched alkanes of at least 4 members (excludes halogenated alkanes) is 10. The number of phosphoric acid groups is 1. The Morgan fingerprint density at radius 3 is 1.74 bits per heavy atom. The molecule has 0 aliphatic rings. The van der Waals surface area contributed by atoms with E-state index in [0.29, 0.717) is 25.7 Å². The molecular formula is C36H63O9P. The van der Waals surface area contributed by atoms with Gasteiger partial charge in [-0.05, 0) is 51.4 Å². The molecule has 0 aromatic heterocycles. The lowest BCUT2D eigenvalue weighted by atomic mass is 10.1. The van der Waals surface area contributed by atoms with E-state index in [1.54, 1.807) is 0 Å². The van der Waals surface area contributed by atoms with E-state index in [4.69, 9.17) is 19.3 Å². The van der Waals surface area contributed by atoms with Crippen molar-refractivity contribution in [3.63, 3.8) is 0 Å². The molecule has 0 rings (SSSR count). The van der Waals surface area contributed by atoms with Gasteiger partial charge >= 0.3 is 19.8 Å². The number of aliphatic hydroxyl groups excluding tert-OH is 1. The molecule has 0 aromatic rings. The number of ether oxygens (including phenoxy) is 2. The standard InChI is InChI=1S/C36H63O9P/c1-3-5-6-7-8-9-16-20-23-26-30-36(39)45-34(32-44-46(40,41)42)31-43-35(38)29-25-22-19-17-14-12-10-11-13-15-18-21-24-28-33(37)27-4-2/h10,12-13,15,17,19,21,24,33-34,37H,3-9,11,14,16,18,20,22-23,25-32H2,1-2H3,(H2,40,41,42)/b12-10-,15-13-,19-17-,24-21-/t33?,34-/m1/s1. The molecule has 266 valence electrons. The molecule has 46 heavy (non-hydrogen) atoms. The molecular weight excluding hydrogens is 607 g/mol. The van der Waals surface area contributed by atoms with Gasteiger partial charge in [0.15, 0.2) is 6.10 Å². The van der Waals surface area contributed by atoms with E-state index in [1.165, 1.54) is 38.5 Å². The van der Waals surface area contributed by atoms with Crippen LogP contribution in [0.3, 0.4) is 0 Å². The third kappa shape index (κ3) is 33.3. The minimum Gasteiger partial charge on any atom is -0.462 e. The lowest BCUT2D eigenvalue weighted by Crippen LogP contribution is -2.29. The van der Waals surface area contributed by atoms with Crippen LogP contribution in [0.5, 0.6) is 0 Å². The topological polar surface area (TPSA) is 140 Å². The number of esters is 2. The van der Waals surface area contributed by atoms with Crippen LogP contribution in [0.15, 0.2) is 48.6 Å². The van der Waals surface area contributed by atoms with E-state index in [-0.39, 0.29) is 25.6 Å². The lowest BCUT2D eigenvalue weighted by Gasteiger charge is -2.18. The van der Waals surface area contributed by atoms with Gasteiger partial charge in [0.25, 0.3) is 0 Å². The van der Waals surface area contributed by atoms with E-state index in [2.05, 4.69) is 48.8 Å². The molecule has 9 nitrogen and oxygen atoms in total. The van der Waals surface area contributed by atoms with Gasteiger partial charge in [0.2, 0.25) is 0 Å². The smallest absolute Gasteiger partial charge is 0.462 e. The van der Waals surface area contributed by atoms with Crippen LogP contribution >= 0.6 is 7.82 Å². The van der Waals surface area contributed by atoms with Crippen molar-refractivity contribution in [2.45, 2.75) is 154 Å². The number of phosphoric ester groups is 1. The van der Waals surface area contributed by atoms with Crippen LogP contribution in [-0.2, 0) is 28.2 Å². The summed E-state index contributed by atoms with van der Waals surface area (Å²) in [6.45, 7) is 3.39. The normalized spacial score (nSPS) is 13.8. The fourth-order valence-electron chi connectivity index (χ4n) is 4.56. The van der Waals surface area contributed by atoms with Gasteiger partial charge < -0.3 is 24.4 Å². The van der Waals surface area contributed by atoms with Crippen molar-refractivity contribution in [2.24, 2.45) is 0 Å². The molecule has 0 bridgehead atoms. The molecule has 2 atom stereocenters. The van der Waals surface area contributed by atoms with Crippen LogP contribution in [0.1, 0.15) is 142 Å². The van der Waals surface area contributed by atoms with Crippen molar-refractivity contribution in [1.82, 2.24) is 0 Å². The van der Waals surface area contributed by atoms with Gasteiger partial charge in [-0.3, -0.25) is 14.1 Å². The zero-order valence-corrected chi connectivity index (χ0v) is 29.5. The molecule has 3 N–H and O–H groups in total. The van der Waals surface area contributed by atoms with E-state index in [1.807, 2.05) is 18.2 Å². The molecule has 0 fully saturated rings. The molecule has 0 spiro atoms. The highest BCUT2D eigenvalue weighted by atomic mass is 31.2. The fourth-order valence-corrected chi connectivity index (χ4v) is 4.92. The molecule has 0 saturated heterocycles. The SMILES string of the molecule is CCCCCCCCCCCCC(=O)O[C@H](COC(=O)CCC/C=C\C/C=C\C/C=C\C/C=C\CC(O)CCC)COP(=O)(O)O.